The number of nitrogens with one attached hydrogen (secondary N) is 2. The summed E-state index contributed by atoms with van der Waals surface area (Å²) >= 11 is 0. The first-order valence-electron chi connectivity index (χ1n) is 10.3. The average Bonchev–Trinajstić information content (AvgIpc) is 3.29. The Hall–Kier alpha value is -2.45. The Balaban J connectivity index is 1.58. The molecule has 3 atom stereocenters. The maximum absolute atomic E-state index is 15.2. The summed E-state index contributed by atoms with van der Waals surface area (Å²) in [5, 5.41) is 5.98. The van der Waals surface area contributed by atoms with Crippen LogP contribution >= 0.6 is 0 Å². The van der Waals surface area contributed by atoms with Gasteiger partial charge in [-0.3, -0.25) is 4.79 Å². The second-order valence-electron chi connectivity index (χ2n) is 8.35. The Labute approximate surface area is 168 Å². The van der Waals surface area contributed by atoms with Crippen molar-refractivity contribution in [1.82, 2.24) is 14.9 Å². The van der Waals surface area contributed by atoms with Crippen molar-refractivity contribution in [3.8, 4) is 11.3 Å². The topological polar surface area (TPSA) is 94.2 Å². The van der Waals surface area contributed by atoms with Crippen LogP contribution in [0.1, 0.15) is 54.2 Å². The number of halogens is 1. The number of hydrogen-bond donors (Lipinski definition) is 3. The zero-order valence-corrected chi connectivity index (χ0v) is 16.5. The van der Waals surface area contributed by atoms with Crippen LogP contribution < -0.4 is 16.4 Å². The van der Waals surface area contributed by atoms with E-state index in [0.717, 1.165) is 43.5 Å². The number of aromatic nitrogens is 2. The second kappa shape index (κ2) is 7.11. The van der Waals surface area contributed by atoms with E-state index in [9.17, 15) is 4.79 Å². The quantitative estimate of drug-likeness (QED) is 0.737. The lowest BCUT2D eigenvalue weighted by atomic mass is 9.91. The molecule has 8 heteroatoms. The van der Waals surface area contributed by atoms with Gasteiger partial charge in [-0.2, -0.15) is 0 Å². The normalized spacial score (nSPS) is 26.0. The first kappa shape index (κ1) is 18.6. The van der Waals surface area contributed by atoms with Crippen molar-refractivity contribution in [1.29, 1.82) is 0 Å². The van der Waals surface area contributed by atoms with Gasteiger partial charge in [0.25, 0.3) is 5.91 Å². The number of nitrogens with two attached hydrogens (primary N) is 1. The van der Waals surface area contributed by atoms with Gasteiger partial charge in [0, 0.05) is 48.2 Å². The fourth-order valence-electron chi connectivity index (χ4n) is 4.63. The van der Waals surface area contributed by atoms with Gasteiger partial charge in [0.15, 0.2) is 11.6 Å². The van der Waals surface area contributed by atoms with E-state index in [4.69, 9.17) is 10.5 Å². The third-order valence-electron chi connectivity index (χ3n) is 6.26. The van der Waals surface area contributed by atoms with E-state index in [1.807, 2.05) is 19.2 Å². The molecule has 1 amide bonds. The van der Waals surface area contributed by atoms with Crippen molar-refractivity contribution in [3.63, 3.8) is 0 Å². The molecule has 1 saturated carbocycles. The molecule has 4 heterocycles. The number of anilines is 1. The highest BCUT2D eigenvalue weighted by Crippen LogP contribution is 2.35. The highest BCUT2D eigenvalue weighted by Gasteiger charge is 2.32. The number of ether oxygens (including phenoxy) is 1. The van der Waals surface area contributed by atoms with Crippen LogP contribution in [0.15, 0.2) is 12.3 Å². The van der Waals surface area contributed by atoms with Crippen LogP contribution in [0.4, 0.5) is 10.2 Å². The summed E-state index contributed by atoms with van der Waals surface area (Å²) in [5.74, 6) is -0.553. The Morgan fingerprint density at radius 3 is 3.03 bits per heavy atom. The SMILES string of the molecule is CC1Cn2cc(-c3nc(NC4CCCCC4N)c(F)c4c3C(=O)NC4)cc2CO1. The van der Waals surface area contributed by atoms with Gasteiger partial charge in [0.1, 0.15) is 0 Å². The second-order valence-corrected chi connectivity index (χ2v) is 8.35. The summed E-state index contributed by atoms with van der Waals surface area (Å²) < 4.78 is 23.1. The molecular weight excluding hydrogens is 373 g/mol. The van der Waals surface area contributed by atoms with Crippen LogP contribution in [0.25, 0.3) is 11.3 Å². The van der Waals surface area contributed by atoms with Gasteiger partial charge in [0.2, 0.25) is 0 Å². The minimum atomic E-state index is -0.458. The monoisotopic (exact) mass is 399 g/mol. The van der Waals surface area contributed by atoms with Crippen molar-refractivity contribution in [3.05, 3.63) is 34.9 Å². The lowest BCUT2D eigenvalue weighted by Gasteiger charge is -2.30. The molecule has 2 aliphatic heterocycles. The van der Waals surface area contributed by atoms with E-state index in [-0.39, 0.29) is 36.5 Å². The molecule has 0 aromatic carbocycles. The lowest BCUT2D eigenvalue weighted by molar-refractivity contribution is 0.0167. The highest BCUT2D eigenvalue weighted by molar-refractivity contribution is 6.04. The first-order chi connectivity index (χ1) is 14.0. The van der Waals surface area contributed by atoms with Crippen LogP contribution in [-0.4, -0.2) is 33.6 Å². The third kappa shape index (κ3) is 3.20. The summed E-state index contributed by atoms with van der Waals surface area (Å²) in [7, 11) is 0. The molecule has 0 saturated heterocycles. The summed E-state index contributed by atoms with van der Waals surface area (Å²) in [6.07, 6.45) is 6.08. The molecule has 154 valence electrons. The molecule has 1 fully saturated rings. The van der Waals surface area contributed by atoms with Gasteiger partial charge >= 0.3 is 0 Å². The van der Waals surface area contributed by atoms with Gasteiger partial charge in [-0.05, 0) is 25.8 Å². The smallest absolute Gasteiger partial charge is 0.254 e. The minimum Gasteiger partial charge on any atom is -0.370 e. The van der Waals surface area contributed by atoms with E-state index in [1.54, 1.807) is 0 Å². The molecule has 2 aromatic heterocycles. The minimum absolute atomic E-state index is 0.0155. The van der Waals surface area contributed by atoms with Crippen LogP contribution in [0.3, 0.4) is 0 Å². The summed E-state index contributed by atoms with van der Waals surface area (Å²) in [4.78, 5) is 17.1. The van der Waals surface area contributed by atoms with Crippen LogP contribution in [0.5, 0.6) is 0 Å². The van der Waals surface area contributed by atoms with E-state index in [0.29, 0.717) is 23.4 Å². The zero-order valence-electron chi connectivity index (χ0n) is 16.5. The Kier molecular flexibility index (Phi) is 4.55. The van der Waals surface area contributed by atoms with Gasteiger partial charge in [-0.1, -0.05) is 12.8 Å². The van der Waals surface area contributed by atoms with E-state index >= 15 is 4.39 Å². The molecule has 0 spiro atoms. The lowest BCUT2D eigenvalue weighted by Crippen LogP contribution is -2.43. The summed E-state index contributed by atoms with van der Waals surface area (Å²) in [5.41, 5.74) is 9.30. The fraction of sp³-hybridized carbons (Fsp3) is 0.524. The molecule has 3 aliphatic rings. The van der Waals surface area contributed by atoms with E-state index in [2.05, 4.69) is 20.2 Å². The maximum atomic E-state index is 15.2. The molecular formula is C21H26FN5O2. The molecule has 1 aliphatic carbocycles. The number of pyridine rings is 1. The summed E-state index contributed by atoms with van der Waals surface area (Å²) in [6.45, 7) is 3.46. The number of hydrogen-bond acceptors (Lipinski definition) is 5. The van der Waals surface area contributed by atoms with Gasteiger partial charge < -0.3 is 25.7 Å². The number of rotatable bonds is 3. The van der Waals surface area contributed by atoms with E-state index < -0.39 is 5.82 Å². The van der Waals surface area contributed by atoms with Crippen LogP contribution in [-0.2, 0) is 24.4 Å². The van der Waals surface area contributed by atoms with Crippen molar-refractivity contribution in [2.45, 2.75) is 70.5 Å². The van der Waals surface area contributed by atoms with Gasteiger partial charge in [0.05, 0.1) is 24.0 Å². The molecule has 2 aromatic rings. The van der Waals surface area contributed by atoms with E-state index in [1.165, 1.54) is 0 Å². The predicted octanol–water partition coefficient (Wildman–Crippen LogP) is 2.53. The Bertz CT molecular complexity index is 972. The standard InChI is InChI=1S/C21H26FN5O2/c1-11-8-27-9-12(6-13(27)10-29-11)19-17-14(7-24-21(17)28)18(22)20(26-19)25-16-5-3-2-4-15(16)23/h6,9,11,15-16H,2-5,7-8,10,23H2,1H3,(H,24,28)(H,25,26). The predicted molar refractivity (Wildman–Crippen MR) is 107 cm³/mol. The molecule has 5 rings (SSSR count). The maximum Gasteiger partial charge on any atom is 0.254 e. The average molecular weight is 399 g/mol. The molecule has 3 unspecified atom stereocenters. The first-order valence-corrected chi connectivity index (χ1v) is 10.3. The van der Waals surface area contributed by atoms with Crippen molar-refractivity contribution < 1.29 is 13.9 Å². The van der Waals surface area contributed by atoms with Crippen molar-refractivity contribution >= 4 is 11.7 Å². The molecule has 7 nitrogen and oxygen atoms in total. The van der Waals surface area contributed by atoms with Crippen molar-refractivity contribution in [2.24, 2.45) is 5.73 Å². The molecule has 0 bridgehead atoms. The number of nitrogens with zero attached hydrogens (tertiary/aromatic N) is 2. The highest BCUT2D eigenvalue weighted by atomic mass is 19.1. The largest absolute Gasteiger partial charge is 0.370 e. The fourth-order valence-corrected chi connectivity index (χ4v) is 4.63. The number of carbonyl (C=O) groups excluding carboxylic acids is 1. The molecule has 0 radical (unpaired) electrons. The third-order valence-corrected chi connectivity index (χ3v) is 6.26. The van der Waals surface area contributed by atoms with Gasteiger partial charge in [-0.15, -0.1) is 0 Å². The Morgan fingerprint density at radius 1 is 1.38 bits per heavy atom. The molecule has 4 N–H and O–H groups in total. The van der Waals surface area contributed by atoms with Crippen molar-refractivity contribution in [2.75, 3.05) is 5.32 Å². The molecule has 29 heavy (non-hydrogen) atoms. The number of fused-ring (bicyclic) bond motifs is 2. The zero-order chi connectivity index (χ0) is 20.1. The Morgan fingerprint density at radius 2 is 2.21 bits per heavy atom. The summed E-state index contributed by atoms with van der Waals surface area (Å²) in [6, 6.07) is 1.94. The van der Waals surface area contributed by atoms with Crippen LogP contribution in [0, 0.1) is 5.82 Å². The van der Waals surface area contributed by atoms with Crippen LogP contribution in [0.2, 0.25) is 0 Å². The number of carbonyl (C=O) groups is 1. The number of amides is 1. The van der Waals surface area contributed by atoms with Gasteiger partial charge in [-0.25, -0.2) is 9.37 Å².